The maximum atomic E-state index is 10.7. The first kappa shape index (κ1) is 14.6. The van der Waals surface area contributed by atoms with Crippen molar-refractivity contribution in [1.82, 2.24) is 0 Å². The molecule has 0 bridgehead atoms. The number of nitrogens with zero attached hydrogens (tertiary/aromatic N) is 1. The van der Waals surface area contributed by atoms with E-state index in [1.807, 2.05) is 6.92 Å². The van der Waals surface area contributed by atoms with E-state index < -0.39 is 4.92 Å². The van der Waals surface area contributed by atoms with Crippen molar-refractivity contribution in [2.75, 3.05) is 12.4 Å². The lowest BCUT2D eigenvalue weighted by molar-refractivity contribution is -0.384. The number of nitrogens with one attached hydrogen (secondary N) is 1. The Labute approximate surface area is 122 Å². The molecule has 2 aromatic rings. The maximum absolute atomic E-state index is 10.7. The minimum Gasteiger partial charge on any atom is -0.504 e. The standard InChI is InChI=1S/C15H16N2O4/c1-10-7-12(17(19)20)4-5-13(10)16-9-11-3-6-14(18)15(8-11)21-2/h3-8,16,18H,9H2,1-2H3. The van der Waals surface area contributed by atoms with Crippen LogP contribution in [-0.2, 0) is 6.54 Å². The minimum absolute atomic E-state index is 0.0735. The summed E-state index contributed by atoms with van der Waals surface area (Å²) in [5.41, 5.74) is 2.63. The number of anilines is 1. The van der Waals surface area contributed by atoms with Crippen molar-refractivity contribution in [1.29, 1.82) is 0 Å². The SMILES string of the molecule is COc1cc(CNc2ccc([N+](=O)[O-])cc2C)ccc1O. The number of phenols is 1. The van der Waals surface area contributed by atoms with E-state index >= 15 is 0 Å². The molecule has 0 aliphatic rings. The fourth-order valence-corrected chi connectivity index (χ4v) is 1.99. The van der Waals surface area contributed by atoms with Gasteiger partial charge in [-0.2, -0.15) is 0 Å². The van der Waals surface area contributed by atoms with Crippen LogP contribution in [0.4, 0.5) is 11.4 Å². The summed E-state index contributed by atoms with van der Waals surface area (Å²) >= 11 is 0. The molecule has 21 heavy (non-hydrogen) atoms. The van der Waals surface area contributed by atoms with Crippen LogP contribution in [-0.4, -0.2) is 17.1 Å². The molecule has 0 aromatic heterocycles. The van der Waals surface area contributed by atoms with Gasteiger partial charge in [0, 0.05) is 24.4 Å². The Hall–Kier alpha value is -2.76. The number of benzene rings is 2. The number of hydrogen-bond donors (Lipinski definition) is 2. The lowest BCUT2D eigenvalue weighted by atomic mass is 10.1. The number of methoxy groups -OCH3 is 1. The zero-order valence-electron chi connectivity index (χ0n) is 11.8. The Morgan fingerprint density at radius 1 is 1.29 bits per heavy atom. The fraction of sp³-hybridized carbons (Fsp3) is 0.200. The van der Waals surface area contributed by atoms with Gasteiger partial charge in [0.1, 0.15) is 0 Å². The van der Waals surface area contributed by atoms with Gasteiger partial charge in [0.25, 0.3) is 5.69 Å². The molecule has 0 unspecified atom stereocenters. The molecule has 0 atom stereocenters. The van der Waals surface area contributed by atoms with Gasteiger partial charge in [0.15, 0.2) is 11.5 Å². The summed E-state index contributed by atoms with van der Waals surface area (Å²) in [7, 11) is 1.49. The van der Waals surface area contributed by atoms with E-state index in [0.29, 0.717) is 12.3 Å². The third-order valence-corrected chi connectivity index (χ3v) is 3.15. The van der Waals surface area contributed by atoms with Gasteiger partial charge in [0.2, 0.25) is 0 Å². The molecular formula is C15H16N2O4. The zero-order chi connectivity index (χ0) is 15.4. The first-order valence-electron chi connectivity index (χ1n) is 6.36. The van der Waals surface area contributed by atoms with Gasteiger partial charge < -0.3 is 15.2 Å². The first-order valence-corrected chi connectivity index (χ1v) is 6.36. The third-order valence-electron chi connectivity index (χ3n) is 3.15. The predicted molar refractivity (Wildman–Crippen MR) is 79.8 cm³/mol. The zero-order valence-corrected chi connectivity index (χ0v) is 11.8. The number of aryl methyl sites for hydroxylation is 1. The van der Waals surface area contributed by atoms with Crippen molar-refractivity contribution in [3.05, 3.63) is 57.6 Å². The van der Waals surface area contributed by atoms with Crippen LogP contribution in [0.1, 0.15) is 11.1 Å². The predicted octanol–water partition coefficient (Wildman–Crippen LogP) is 3.23. The van der Waals surface area contributed by atoms with Gasteiger partial charge in [-0.25, -0.2) is 0 Å². The number of aromatic hydroxyl groups is 1. The highest BCUT2D eigenvalue weighted by Gasteiger charge is 2.08. The second-order valence-electron chi connectivity index (χ2n) is 4.62. The Kier molecular flexibility index (Phi) is 4.27. The molecule has 0 aliphatic carbocycles. The maximum Gasteiger partial charge on any atom is 0.269 e. The number of nitro groups is 1. The highest BCUT2D eigenvalue weighted by Crippen LogP contribution is 2.27. The van der Waals surface area contributed by atoms with Crippen LogP contribution in [0.15, 0.2) is 36.4 Å². The summed E-state index contributed by atoms with van der Waals surface area (Å²) in [6.45, 7) is 2.34. The van der Waals surface area contributed by atoms with E-state index in [2.05, 4.69) is 5.32 Å². The lowest BCUT2D eigenvalue weighted by Crippen LogP contribution is -2.02. The van der Waals surface area contributed by atoms with Crippen molar-refractivity contribution in [2.45, 2.75) is 13.5 Å². The lowest BCUT2D eigenvalue weighted by Gasteiger charge is -2.11. The van der Waals surface area contributed by atoms with Crippen molar-refractivity contribution in [3.63, 3.8) is 0 Å². The molecular weight excluding hydrogens is 272 g/mol. The molecule has 0 saturated carbocycles. The van der Waals surface area contributed by atoms with Gasteiger partial charge in [0.05, 0.1) is 12.0 Å². The normalized spacial score (nSPS) is 10.2. The van der Waals surface area contributed by atoms with Crippen LogP contribution < -0.4 is 10.1 Å². The number of nitro benzene ring substituents is 1. The molecule has 0 amide bonds. The van der Waals surface area contributed by atoms with Crippen molar-refractivity contribution in [3.8, 4) is 11.5 Å². The molecule has 2 aromatic carbocycles. The van der Waals surface area contributed by atoms with Gasteiger partial charge >= 0.3 is 0 Å². The molecule has 0 spiro atoms. The highest BCUT2D eigenvalue weighted by atomic mass is 16.6. The molecule has 0 aliphatic heterocycles. The fourth-order valence-electron chi connectivity index (χ4n) is 1.99. The summed E-state index contributed by atoms with van der Waals surface area (Å²) in [6.07, 6.45) is 0. The Morgan fingerprint density at radius 2 is 2.05 bits per heavy atom. The topological polar surface area (TPSA) is 84.6 Å². The molecule has 2 N–H and O–H groups in total. The monoisotopic (exact) mass is 288 g/mol. The molecule has 6 heteroatoms. The Bertz CT molecular complexity index is 671. The van der Waals surface area contributed by atoms with E-state index in [1.165, 1.54) is 19.2 Å². The number of rotatable bonds is 5. The van der Waals surface area contributed by atoms with Gasteiger partial charge in [-0.15, -0.1) is 0 Å². The van der Waals surface area contributed by atoms with Gasteiger partial charge in [-0.3, -0.25) is 10.1 Å². The van der Waals surface area contributed by atoms with Crippen LogP contribution in [0.2, 0.25) is 0 Å². The van der Waals surface area contributed by atoms with Crippen LogP contribution >= 0.6 is 0 Å². The molecule has 2 rings (SSSR count). The number of phenolic OH excluding ortho intramolecular Hbond substituents is 1. The van der Waals surface area contributed by atoms with Gasteiger partial charge in [-0.1, -0.05) is 6.07 Å². The van der Waals surface area contributed by atoms with Crippen LogP contribution in [0.5, 0.6) is 11.5 Å². The number of non-ortho nitro benzene ring substituents is 1. The second-order valence-corrected chi connectivity index (χ2v) is 4.62. The van der Waals surface area contributed by atoms with Crippen molar-refractivity contribution >= 4 is 11.4 Å². The number of ether oxygens (including phenoxy) is 1. The van der Waals surface area contributed by atoms with Gasteiger partial charge in [-0.05, 0) is 36.2 Å². The van der Waals surface area contributed by atoms with Crippen LogP contribution in [0.3, 0.4) is 0 Å². The van der Waals surface area contributed by atoms with E-state index in [-0.39, 0.29) is 11.4 Å². The molecule has 0 fully saturated rings. The second kappa shape index (κ2) is 6.13. The quantitative estimate of drug-likeness (QED) is 0.651. The third kappa shape index (κ3) is 3.42. The average molecular weight is 288 g/mol. The van der Waals surface area contributed by atoms with Crippen molar-refractivity contribution in [2.24, 2.45) is 0 Å². The van der Waals surface area contributed by atoms with E-state index in [0.717, 1.165) is 16.8 Å². The Morgan fingerprint density at radius 3 is 2.67 bits per heavy atom. The van der Waals surface area contributed by atoms with E-state index in [1.54, 1.807) is 24.3 Å². The first-order chi connectivity index (χ1) is 10.0. The summed E-state index contributed by atoms with van der Waals surface area (Å²) in [5.74, 6) is 0.502. The average Bonchev–Trinajstić information content (AvgIpc) is 2.47. The molecule has 0 radical (unpaired) electrons. The summed E-state index contributed by atoms with van der Waals surface area (Å²) in [5, 5.41) is 23.4. The Balaban J connectivity index is 2.11. The van der Waals surface area contributed by atoms with Crippen molar-refractivity contribution < 1.29 is 14.8 Å². The van der Waals surface area contributed by atoms with E-state index in [9.17, 15) is 15.2 Å². The van der Waals surface area contributed by atoms with Crippen LogP contribution in [0, 0.1) is 17.0 Å². The van der Waals surface area contributed by atoms with E-state index in [4.69, 9.17) is 4.74 Å². The highest BCUT2D eigenvalue weighted by molar-refractivity contribution is 5.56. The number of hydrogen-bond acceptors (Lipinski definition) is 5. The molecule has 6 nitrogen and oxygen atoms in total. The smallest absolute Gasteiger partial charge is 0.269 e. The minimum atomic E-state index is -0.415. The molecule has 0 saturated heterocycles. The summed E-state index contributed by atoms with van der Waals surface area (Å²) in [6, 6.07) is 9.77. The molecule has 110 valence electrons. The van der Waals surface area contributed by atoms with Crippen LogP contribution in [0.25, 0.3) is 0 Å². The summed E-state index contributed by atoms with van der Waals surface area (Å²) < 4.78 is 5.05. The molecule has 0 heterocycles. The largest absolute Gasteiger partial charge is 0.504 e. The summed E-state index contributed by atoms with van der Waals surface area (Å²) in [4.78, 5) is 10.3.